The zero-order chi connectivity index (χ0) is 22.1. The van der Waals surface area contributed by atoms with Crippen molar-refractivity contribution < 1.29 is 19.0 Å². The molecule has 1 N–H and O–H groups in total. The summed E-state index contributed by atoms with van der Waals surface area (Å²) in [5, 5.41) is 11.3. The number of ether oxygens (including phenoxy) is 1. The van der Waals surface area contributed by atoms with E-state index in [0.717, 1.165) is 10.9 Å². The maximum Gasteiger partial charge on any atom is 0.309 e. The topological polar surface area (TPSA) is 68.5 Å². The monoisotopic (exact) mass is 421 g/mol. The van der Waals surface area contributed by atoms with E-state index in [-0.39, 0.29) is 23.7 Å². The van der Waals surface area contributed by atoms with E-state index < -0.39 is 18.2 Å². The van der Waals surface area contributed by atoms with Gasteiger partial charge in [0.25, 0.3) is 5.56 Å². The number of rotatable bonds is 4. The summed E-state index contributed by atoms with van der Waals surface area (Å²) in [6, 6.07) is 13.2. The molecule has 5 nitrogen and oxygen atoms in total. The number of esters is 1. The molecule has 1 aliphatic heterocycles. The molecular formula is C25H24FNO4. The van der Waals surface area contributed by atoms with Crippen molar-refractivity contribution in [3.8, 4) is 5.69 Å². The van der Waals surface area contributed by atoms with E-state index in [4.69, 9.17) is 4.74 Å². The van der Waals surface area contributed by atoms with Crippen LogP contribution in [0.15, 0.2) is 59.4 Å². The molecular weight excluding hydrogens is 397 g/mol. The van der Waals surface area contributed by atoms with Gasteiger partial charge in [-0.25, -0.2) is 4.39 Å². The number of hydrogen-bond donors (Lipinski definition) is 1. The molecule has 1 aromatic heterocycles. The molecule has 2 aromatic carbocycles. The summed E-state index contributed by atoms with van der Waals surface area (Å²) in [5.74, 6) is -0.759. The predicted molar refractivity (Wildman–Crippen MR) is 118 cm³/mol. The number of hydrogen-bond acceptors (Lipinski definition) is 4. The lowest BCUT2D eigenvalue weighted by atomic mass is 9.93. The minimum Gasteiger partial charge on any atom is -0.458 e. The molecule has 0 amide bonds. The Morgan fingerprint density at radius 1 is 1.10 bits per heavy atom. The average molecular weight is 421 g/mol. The van der Waals surface area contributed by atoms with Gasteiger partial charge < -0.3 is 9.84 Å². The van der Waals surface area contributed by atoms with Gasteiger partial charge in [-0.1, -0.05) is 32.0 Å². The van der Waals surface area contributed by atoms with Crippen molar-refractivity contribution in [2.75, 3.05) is 0 Å². The lowest BCUT2D eigenvalue weighted by molar-refractivity contribution is -0.156. The highest BCUT2D eigenvalue weighted by atomic mass is 19.1. The third-order valence-corrected chi connectivity index (χ3v) is 5.49. The van der Waals surface area contributed by atoms with E-state index in [1.807, 2.05) is 32.0 Å². The highest BCUT2D eigenvalue weighted by molar-refractivity contribution is 5.88. The first-order valence-electron chi connectivity index (χ1n) is 10.3. The van der Waals surface area contributed by atoms with Crippen molar-refractivity contribution in [3.63, 3.8) is 0 Å². The average Bonchev–Trinajstić information content (AvgIpc) is 2.72. The molecule has 1 saturated heterocycles. The van der Waals surface area contributed by atoms with E-state index in [1.54, 1.807) is 34.9 Å². The molecule has 1 fully saturated rings. The molecule has 0 aliphatic carbocycles. The minimum absolute atomic E-state index is 0.0160. The number of aromatic nitrogens is 1. The number of carbonyl (C=O) groups is 1. The molecule has 0 radical (unpaired) electrons. The van der Waals surface area contributed by atoms with Crippen molar-refractivity contribution >= 4 is 22.8 Å². The number of fused-ring (bicyclic) bond motifs is 1. The van der Waals surface area contributed by atoms with Crippen molar-refractivity contribution in [3.05, 3.63) is 82.0 Å². The number of pyridine rings is 1. The molecule has 1 aliphatic rings. The van der Waals surface area contributed by atoms with Gasteiger partial charge >= 0.3 is 5.97 Å². The standard InChI is InChI=1S/C25H24FNO4/c1-15(2)24-20-5-3-4-6-21(20)25(30)27(17-9-7-16(26)8-10-17)22(24)12-11-19-13-18(28)14-23(29)31-19/h3-12,15,18-19,28H,13-14H2,1-2H3/t18-,19-/m1/s1. The van der Waals surface area contributed by atoms with E-state index in [2.05, 4.69) is 0 Å². The largest absolute Gasteiger partial charge is 0.458 e. The molecule has 0 unspecified atom stereocenters. The summed E-state index contributed by atoms with van der Waals surface area (Å²) in [5.41, 5.74) is 1.92. The third kappa shape index (κ3) is 4.16. The molecule has 4 rings (SSSR count). The molecule has 0 saturated carbocycles. The van der Waals surface area contributed by atoms with Gasteiger partial charge in [0.2, 0.25) is 0 Å². The van der Waals surface area contributed by atoms with Gasteiger partial charge in [0.1, 0.15) is 11.9 Å². The Labute approximate surface area is 179 Å². The van der Waals surface area contributed by atoms with Crippen LogP contribution < -0.4 is 5.56 Å². The smallest absolute Gasteiger partial charge is 0.309 e. The van der Waals surface area contributed by atoms with E-state index in [9.17, 15) is 19.1 Å². The third-order valence-electron chi connectivity index (χ3n) is 5.49. The van der Waals surface area contributed by atoms with Crippen molar-refractivity contribution in [1.29, 1.82) is 0 Å². The van der Waals surface area contributed by atoms with E-state index in [1.165, 1.54) is 12.1 Å². The van der Waals surface area contributed by atoms with Gasteiger partial charge in [0, 0.05) is 17.5 Å². The minimum atomic E-state index is -0.753. The van der Waals surface area contributed by atoms with Crippen LogP contribution >= 0.6 is 0 Å². The Morgan fingerprint density at radius 2 is 1.77 bits per heavy atom. The number of cyclic esters (lactones) is 1. The Kier molecular flexibility index (Phi) is 5.74. The van der Waals surface area contributed by atoms with Crippen molar-refractivity contribution in [2.24, 2.45) is 0 Å². The Hall–Kier alpha value is -3.25. The van der Waals surface area contributed by atoms with Gasteiger partial charge in [-0.2, -0.15) is 0 Å². The maximum atomic E-state index is 13.6. The lowest BCUT2D eigenvalue weighted by Crippen LogP contribution is -2.31. The van der Waals surface area contributed by atoms with Crippen LogP contribution in [0.3, 0.4) is 0 Å². The molecule has 0 spiro atoms. The number of benzene rings is 2. The molecule has 0 bridgehead atoms. The maximum absolute atomic E-state index is 13.6. The summed E-state index contributed by atoms with van der Waals surface area (Å²) in [6.07, 6.45) is 2.42. The SMILES string of the molecule is CC(C)c1c(C=C[C@@H]2C[C@@H](O)CC(=O)O2)n(-c2ccc(F)cc2)c(=O)c2ccccc12. The fourth-order valence-electron chi connectivity index (χ4n) is 4.14. The number of halogens is 1. The number of carbonyl (C=O) groups excluding carboxylic acids is 1. The fourth-order valence-corrected chi connectivity index (χ4v) is 4.14. The van der Waals surface area contributed by atoms with Gasteiger partial charge in [0.05, 0.1) is 18.2 Å². The van der Waals surface area contributed by atoms with Gasteiger partial charge in [-0.15, -0.1) is 0 Å². The highest BCUT2D eigenvalue weighted by Gasteiger charge is 2.26. The number of nitrogens with zero attached hydrogens (tertiary/aromatic N) is 1. The number of aliphatic hydroxyl groups is 1. The van der Waals surface area contributed by atoms with Crippen LogP contribution in [0.4, 0.5) is 4.39 Å². The Bertz CT molecular complexity index is 1210. The molecule has 31 heavy (non-hydrogen) atoms. The van der Waals surface area contributed by atoms with Crippen LogP contribution in [0.1, 0.15) is 43.9 Å². The fraction of sp³-hybridized carbons (Fsp3) is 0.280. The second kappa shape index (κ2) is 8.47. The molecule has 3 aromatic rings. The normalized spacial score (nSPS) is 19.3. The zero-order valence-electron chi connectivity index (χ0n) is 17.4. The van der Waals surface area contributed by atoms with Gasteiger partial charge in [0.15, 0.2) is 0 Å². The summed E-state index contributed by atoms with van der Waals surface area (Å²) in [6.45, 7) is 4.09. The first kappa shape index (κ1) is 21.0. The van der Waals surface area contributed by atoms with Crippen LogP contribution in [0, 0.1) is 5.82 Å². The molecule has 6 heteroatoms. The summed E-state index contributed by atoms with van der Waals surface area (Å²) in [7, 11) is 0. The van der Waals surface area contributed by atoms with Crippen molar-refractivity contribution in [1.82, 2.24) is 4.57 Å². The molecule has 2 atom stereocenters. The number of aliphatic hydroxyl groups excluding tert-OH is 1. The van der Waals surface area contributed by atoms with Gasteiger partial charge in [-0.05, 0) is 59.4 Å². The second-order valence-electron chi connectivity index (χ2n) is 8.10. The van der Waals surface area contributed by atoms with E-state index >= 15 is 0 Å². The summed E-state index contributed by atoms with van der Waals surface area (Å²) < 4.78 is 20.5. The quantitative estimate of drug-likeness (QED) is 0.637. The van der Waals surface area contributed by atoms with E-state index in [0.29, 0.717) is 23.2 Å². The zero-order valence-corrected chi connectivity index (χ0v) is 17.4. The second-order valence-corrected chi connectivity index (χ2v) is 8.10. The molecule has 160 valence electrons. The lowest BCUT2D eigenvalue weighted by Gasteiger charge is -2.24. The Morgan fingerprint density at radius 3 is 2.42 bits per heavy atom. The first-order chi connectivity index (χ1) is 14.8. The van der Waals surface area contributed by atoms with Gasteiger partial charge in [-0.3, -0.25) is 14.2 Å². The molecule has 2 heterocycles. The van der Waals surface area contributed by atoms with Crippen LogP contribution in [-0.4, -0.2) is 27.9 Å². The summed E-state index contributed by atoms with van der Waals surface area (Å²) in [4.78, 5) is 25.2. The van der Waals surface area contributed by atoms with Crippen LogP contribution in [0.2, 0.25) is 0 Å². The predicted octanol–water partition coefficient (Wildman–Crippen LogP) is 4.33. The Balaban J connectivity index is 1.97. The highest BCUT2D eigenvalue weighted by Crippen LogP contribution is 2.30. The summed E-state index contributed by atoms with van der Waals surface area (Å²) >= 11 is 0. The van der Waals surface area contributed by atoms with Crippen LogP contribution in [-0.2, 0) is 9.53 Å². The van der Waals surface area contributed by atoms with Crippen LogP contribution in [0.5, 0.6) is 0 Å². The first-order valence-corrected chi connectivity index (χ1v) is 10.3. The van der Waals surface area contributed by atoms with Crippen LogP contribution in [0.25, 0.3) is 22.5 Å². The van der Waals surface area contributed by atoms with Crippen molar-refractivity contribution in [2.45, 2.75) is 44.8 Å².